The highest BCUT2D eigenvalue weighted by molar-refractivity contribution is 5.43. The molecule has 1 aliphatic heterocycles. The van der Waals surface area contributed by atoms with Crippen molar-refractivity contribution in [2.45, 2.75) is 25.9 Å². The van der Waals surface area contributed by atoms with E-state index >= 15 is 0 Å². The molecular formula is C13H20NO3+. The Hall–Kier alpha value is -1.26. The van der Waals surface area contributed by atoms with E-state index in [0.29, 0.717) is 13.2 Å². The summed E-state index contributed by atoms with van der Waals surface area (Å²) in [5.41, 5.74) is 1.20. The fourth-order valence-electron chi connectivity index (χ4n) is 1.89. The van der Waals surface area contributed by atoms with Crippen LogP contribution in [0.5, 0.6) is 11.5 Å². The molecule has 0 saturated heterocycles. The monoisotopic (exact) mass is 238 g/mol. The Balaban J connectivity index is 1.97. The Morgan fingerprint density at radius 1 is 1.29 bits per heavy atom. The average molecular weight is 238 g/mol. The second-order valence-corrected chi connectivity index (χ2v) is 4.27. The zero-order valence-electron chi connectivity index (χ0n) is 10.2. The van der Waals surface area contributed by atoms with Crippen molar-refractivity contribution in [1.29, 1.82) is 0 Å². The summed E-state index contributed by atoms with van der Waals surface area (Å²) in [6.45, 7) is 4.41. The minimum absolute atomic E-state index is 0.223. The Kier molecular flexibility index (Phi) is 4.23. The van der Waals surface area contributed by atoms with Crippen molar-refractivity contribution in [1.82, 2.24) is 0 Å². The average Bonchev–Trinajstić information content (AvgIpc) is 2.40. The van der Waals surface area contributed by atoms with Gasteiger partial charge in [0.15, 0.2) is 11.5 Å². The molecule has 1 aromatic carbocycles. The molecule has 17 heavy (non-hydrogen) atoms. The van der Waals surface area contributed by atoms with Crippen molar-refractivity contribution in [2.24, 2.45) is 0 Å². The van der Waals surface area contributed by atoms with Gasteiger partial charge in [-0.25, -0.2) is 0 Å². The first kappa shape index (κ1) is 12.2. The van der Waals surface area contributed by atoms with Gasteiger partial charge in [0.05, 0.1) is 6.61 Å². The van der Waals surface area contributed by atoms with Gasteiger partial charge < -0.3 is 19.9 Å². The van der Waals surface area contributed by atoms with Crippen LogP contribution in [0, 0.1) is 0 Å². The number of quaternary nitrogens is 1. The molecule has 2 rings (SSSR count). The number of hydrogen-bond acceptors (Lipinski definition) is 3. The lowest BCUT2D eigenvalue weighted by Crippen LogP contribution is -2.89. The van der Waals surface area contributed by atoms with Gasteiger partial charge in [0.2, 0.25) is 0 Å². The van der Waals surface area contributed by atoms with Crippen molar-refractivity contribution in [2.75, 3.05) is 19.8 Å². The van der Waals surface area contributed by atoms with Crippen LogP contribution >= 0.6 is 0 Å². The van der Waals surface area contributed by atoms with E-state index in [1.54, 1.807) is 0 Å². The van der Waals surface area contributed by atoms with E-state index in [0.717, 1.165) is 24.5 Å². The zero-order valence-corrected chi connectivity index (χ0v) is 10.2. The molecule has 0 aliphatic carbocycles. The lowest BCUT2D eigenvalue weighted by molar-refractivity contribution is -0.706. The third-order valence-corrected chi connectivity index (χ3v) is 3.05. The van der Waals surface area contributed by atoms with E-state index < -0.39 is 0 Å². The van der Waals surface area contributed by atoms with Crippen LogP contribution in [0.3, 0.4) is 0 Å². The molecular weight excluding hydrogens is 218 g/mol. The highest BCUT2D eigenvalue weighted by Crippen LogP contribution is 2.30. The van der Waals surface area contributed by atoms with Crippen LogP contribution in [0.4, 0.5) is 0 Å². The van der Waals surface area contributed by atoms with Gasteiger partial charge in [-0.15, -0.1) is 0 Å². The largest absolute Gasteiger partial charge is 0.486 e. The summed E-state index contributed by atoms with van der Waals surface area (Å²) >= 11 is 0. The fraction of sp³-hybridized carbons (Fsp3) is 0.538. The second kappa shape index (κ2) is 5.89. The molecule has 0 aromatic heterocycles. The number of aliphatic hydroxyl groups excluding tert-OH is 1. The Labute approximate surface area is 102 Å². The number of benzene rings is 1. The van der Waals surface area contributed by atoms with Gasteiger partial charge in [-0.3, -0.25) is 0 Å². The predicted octanol–water partition coefficient (Wildman–Crippen LogP) is 0.292. The molecule has 0 spiro atoms. The van der Waals surface area contributed by atoms with Crippen LogP contribution in [0.2, 0.25) is 0 Å². The minimum Gasteiger partial charge on any atom is -0.486 e. The lowest BCUT2D eigenvalue weighted by atomic mass is 10.1. The van der Waals surface area contributed by atoms with Gasteiger partial charge in [0, 0.05) is 5.56 Å². The molecule has 4 heteroatoms. The highest BCUT2D eigenvalue weighted by atomic mass is 16.6. The molecule has 1 atom stereocenters. The molecule has 1 heterocycles. The topological polar surface area (TPSA) is 55.3 Å². The van der Waals surface area contributed by atoms with Crippen molar-refractivity contribution >= 4 is 0 Å². The summed E-state index contributed by atoms with van der Waals surface area (Å²) in [5.74, 6) is 1.66. The fourth-order valence-corrected chi connectivity index (χ4v) is 1.89. The van der Waals surface area contributed by atoms with Crippen LogP contribution in [0.15, 0.2) is 18.2 Å². The highest BCUT2D eigenvalue weighted by Gasteiger charge is 2.13. The molecule has 3 N–H and O–H groups in total. The van der Waals surface area contributed by atoms with Gasteiger partial charge in [-0.1, -0.05) is 6.92 Å². The first-order valence-corrected chi connectivity index (χ1v) is 6.16. The van der Waals surface area contributed by atoms with Crippen LogP contribution in [0.25, 0.3) is 0 Å². The van der Waals surface area contributed by atoms with Crippen molar-refractivity contribution in [3.8, 4) is 11.5 Å². The third-order valence-electron chi connectivity index (χ3n) is 3.05. The Morgan fingerprint density at radius 2 is 2.06 bits per heavy atom. The SMILES string of the molecule is CC[C@@H](CO)[NH2+]Cc1ccc2c(c1)OCCO2. The van der Waals surface area contributed by atoms with Crippen LogP contribution in [-0.2, 0) is 6.54 Å². The van der Waals surface area contributed by atoms with Crippen LogP contribution in [0.1, 0.15) is 18.9 Å². The molecule has 0 bridgehead atoms. The molecule has 0 amide bonds. The van der Waals surface area contributed by atoms with E-state index in [1.165, 1.54) is 5.56 Å². The maximum absolute atomic E-state index is 9.12. The summed E-state index contributed by atoms with van der Waals surface area (Å²) in [5, 5.41) is 11.3. The minimum atomic E-state index is 0.223. The quantitative estimate of drug-likeness (QED) is 0.775. The van der Waals surface area contributed by atoms with Crippen molar-refractivity contribution in [3.63, 3.8) is 0 Å². The first-order chi connectivity index (χ1) is 8.33. The summed E-state index contributed by atoms with van der Waals surface area (Å²) in [7, 11) is 0. The third kappa shape index (κ3) is 3.11. The molecule has 0 unspecified atom stereocenters. The number of rotatable bonds is 5. The van der Waals surface area contributed by atoms with E-state index in [-0.39, 0.29) is 12.6 Å². The molecule has 1 aromatic rings. The van der Waals surface area contributed by atoms with Crippen molar-refractivity contribution < 1.29 is 19.9 Å². The van der Waals surface area contributed by atoms with E-state index in [2.05, 4.69) is 12.2 Å². The molecule has 4 nitrogen and oxygen atoms in total. The molecule has 0 radical (unpaired) electrons. The number of nitrogens with two attached hydrogens (primary N) is 1. The maximum atomic E-state index is 9.12. The summed E-state index contributed by atoms with van der Waals surface area (Å²) < 4.78 is 11.0. The van der Waals surface area contributed by atoms with Crippen LogP contribution < -0.4 is 14.8 Å². The zero-order chi connectivity index (χ0) is 12.1. The van der Waals surface area contributed by atoms with Gasteiger partial charge >= 0.3 is 0 Å². The number of hydrogen-bond donors (Lipinski definition) is 2. The van der Waals surface area contributed by atoms with E-state index in [4.69, 9.17) is 14.6 Å². The second-order valence-electron chi connectivity index (χ2n) is 4.27. The molecule has 0 saturated carbocycles. The van der Waals surface area contributed by atoms with E-state index in [9.17, 15) is 0 Å². The van der Waals surface area contributed by atoms with Gasteiger partial charge in [0.25, 0.3) is 0 Å². The predicted molar refractivity (Wildman–Crippen MR) is 64.2 cm³/mol. The van der Waals surface area contributed by atoms with Gasteiger partial charge in [0.1, 0.15) is 25.8 Å². The van der Waals surface area contributed by atoms with Gasteiger partial charge in [-0.05, 0) is 24.6 Å². The normalized spacial score (nSPS) is 15.6. The maximum Gasteiger partial charge on any atom is 0.161 e. The molecule has 94 valence electrons. The van der Waals surface area contributed by atoms with Crippen molar-refractivity contribution in [3.05, 3.63) is 23.8 Å². The standard InChI is InChI=1S/C13H19NO3/c1-2-11(9-15)14-8-10-3-4-12-13(7-10)17-6-5-16-12/h3-4,7,11,14-15H,2,5-6,8-9H2,1H3/p+1/t11-/m0/s1. The smallest absolute Gasteiger partial charge is 0.161 e. The van der Waals surface area contributed by atoms with Gasteiger partial charge in [-0.2, -0.15) is 0 Å². The number of ether oxygens (including phenoxy) is 2. The van der Waals surface area contributed by atoms with Crippen LogP contribution in [-0.4, -0.2) is 31.0 Å². The number of aliphatic hydroxyl groups is 1. The number of fused-ring (bicyclic) bond motifs is 1. The lowest BCUT2D eigenvalue weighted by Gasteiger charge is -2.19. The Morgan fingerprint density at radius 3 is 2.76 bits per heavy atom. The molecule has 1 aliphatic rings. The Bertz CT molecular complexity index is 364. The summed E-state index contributed by atoms with van der Waals surface area (Å²) in [6.07, 6.45) is 0.973. The molecule has 0 fully saturated rings. The summed E-state index contributed by atoms with van der Waals surface area (Å²) in [4.78, 5) is 0. The first-order valence-electron chi connectivity index (χ1n) is 6.16. The summed E-state index contributed by atoms with van der Waals surface area (Å²) in [6, 6.07) is 6.31. The van der Waals surface area contributed by atoms with E-state index in [1.807, 2.05) is 18.2 Å².